The minimum Gasteiger partial charge on any atom is -0.465 e. The monoisotopic (exact) mass is 318 g/mol. The molecule has 0 atom stereocenters. The molecule has 1 amide bonds. The molecule has 0 saturated heterocycles. The fourth-order valence-electron chi connectivity index (χ4n) is 1.70. The van der Waals surface area contributed by atoms with Gasteiger partial charge in [0.15, 0.2) is 11.6 Å². The van der Waals surface area contributed by atoms with Crippen LogP contribution in [0.2, 0.25) is 0 Å². The first-order valence-corrected chi connectivity index (χ1v) is 6.66. The summed E-state index contributed by atoms with van der Waals surface area (Å²) in [7, 11) is 0. The molecule has 0 fully saturated rings. The van der Waals surface area contributed by atoms with Gasteiger partial charge in [-0.25, -0.2) is 13.6 Å². The topological polar surface area (TPSA) is 84.6 Å². The third-order valence-corrected chi connectivity index (χ3v) is 1.95. The van der Waals surface area contributed by atoms with Crippen molar-refractivity contribution in [2.75, 3.05) is 11.1 Å². The van der Waals surface area contributed by atoms with Gasteiger partial charge in [0.25, 0.3) is 0 Å². The number of halogens is 2. The van der Waals surface area contributed by atoms with E-state index in [0.717, 1.165) is 0 Å². The highest BCUT2D eigenvalue weighted by Crippen LogP contribution is 2.21. The molecule has 0 aromatic heterocycles. The van der Waals surface area contributed by atoms with Crippen molar-refractivity contribution in [1.82, 2.24) is 0 Å². The smallest absolute Gasteiger partial charge is 0.409 e. The predicted octanol–water partition coefficient (Wildman–Crippen LogP) is 4.24. The number of nitrogens with two attached hydrogens (primary N) is 1. The number of nitrogen functional groups attached to an aromatic ring is 1. The molecular weight excluding hydrogens is 294 g/mol. The van der Waals surface area contributed by atoms with E-state index < -0.39 is 17.7 Å². The summed E-state index contributed by atoms with van der Waals surface area (Å²) >= 11 is 0. The van der Waals surface area contributed by atoms with E-state index in [-0.39, 0.29) is 22.6 Å². The van der Waals surface area contributed by atoms with Crippen LogP contribution in [0.15, 0.2) is 12.1 Å². The second-order valence-electron chi connectivity index (χ2n) is 6.61. The molecule has 0 aliphatic rings. The van der Waals surface area contributed by atoms with Crippen molar-refractivity contribution in [3.8, 4) is 0 Å². The molecule has 1 aromatic carbocycles. The lowest BCUT2D eigenvalue weighted by Gasteiger charge is -2.30. The zero-order chi connectivity index (χ0) is 17.7. The van der Waals surface area contributed by atoms with Crippen LogP contribution in [-0.4, -0.2) is 22.4 Å². The maximum Gasteiger partial charge on any atom is 0.409 e. The van der Waals surface area contributed by atoms with Crippen LogP contribution in [0.1, 0.15) is 41.5 Å². The van der Waals surface area contributed by atoms with Crippen molar-refractivity contribution < 1.29 is 23.4 Å². The summed E-state index contributed by atoms with van der Waals surface area (Å²) in [6.07, 6.45) is -1.39. The van der Waals surface area contributed by atoms with Crippen LogP contribution in [0, 0.1) is 11.6 Å². The molecule has 5 nitrogen and oxygen atoms in total. The molecule has 1 aromatic rings. The van der Waals surface area contributed by atoms with Crippen molar-refractivity contribution in [3.05, 3.63) is 23.8 Å². The summed E-state index contributed by atoms with van der Waals surface area (Å²) in [4.78, 5) is 10.1. The van der Waals surface area contributed by atoms with Crippen molar-refractivity contribution in [2.24, 2.45) is 0 Å². The Labute approximate surface area is 129 Å². The summed E-state index contributed by atoms with van der Waals surface area (Å²) in [6.45, 7) is 12.4. The first-order valence-electron chi connectivity index (χ1n) is 6.66. The second-order valence-corrected chi connectivity index (χ2v) is 6.61. The second kappa shape index (κ2) is 7.40. The molecule has 0 unspecified atom stereocenters. The van der Waals surface area contributed by atoms with E-state index in [1.165, 1.54) is 0 Å². The normalized spacial score (nSPS) is 11.5. The number of nitrogens with one attached hydrogen (secondary N) is 1. The van der Waals surface area contributed by atoms with Crippen LogP contribution in [-0.2, 0) is 4.74 Å². The fourth-order valence-corrected chi connectivity index (χ4v) is 1.70. The minimum atomic E-state index is -1.39. The highest BCUT2D eigenvalue weighted by molar-refractivity contribution is 5.87. The van der Waals surface area contributed by atoms with E-state index in [9.17, 15) is 13.6 Å². The number of carbonyl (C=O) groups is 1. The summed E-state index contributed by atoms with van der Waals surface area (Å²) < 4.78 is 30.6. The number of amides is 1. The van der Waals surface area contributed by atoms with Gasteiger partial charge in [-0.05, 0) is 41.5 Å². The molecule has 0 radical (unpaired) electrons. The molecule has 0 aliphatic heterocycles. The predicted molar refractivity (Wildman–Crippen MR) is 83.0 cm³/mol. The lowest BCUT2D eigenvalue weighted by Crippen LogP contribution is -2.31. The van der Waals surface area contributed by atoms with Crippen molar-refractivity contribution in [1.29, 1.82) is 0 Å². The van der Waals surface area contributed by atoms with E-state index in [2.05, 4.69) is 41.5 Å². The molecule has 0 aliphatic carbocycles. The van der Waals surface area contributed by atoms with Crippen molar-refractivity contribution >= 4 is 17.5 Å². The van der Waals surface area contributed by atoms with Crippen LogP contribution >= 0.6 is 0 Å². The van der Waals surface area contributed by atoms with Gasteiger partial charge in [0, 0.05) is 12.1 Å². The first-order chi connectivity index (χ1) is 9.71. The molecule has 0 spiro atoms. The lowest BCUT2D eigenvalue weighted by molar-refractivity contribution is -0.102. The van der Waals surface area contributed by atoms with Crippen LogP contribution < -0.4 is 11.1 Å². The van der Waals surface area contributed by atoms with Gasteiger partial charge >= 0.3 is 6.09 Å². The van der Waals surface area contributed by atoms with Gasteiger partial charge < -0.3 is 15.6 Å². The molecule has 7 heteroatoms. The van der Waals surface area contributed by atoms with Gasteiger partial charge in [0.1, 0.15) is 0 Å². The molecule has 0 heterocycles. The molecule has 126 valence electrons. The van der Waals surface area contributed by atoms with Crippen LogP contribution in [0.4, 0.5) is 25.0 Å². The van der Waals surface area contributed by atoms with Crippen LogP contribution in [0.25, 0.3) is 0 Å². The summed E-state index contributed by atoms with van der Waals surface area (Å²) in [5.41, 5.74) is 4.83. The van der Waals surface area contributed by atoms with Gasteiger partial charge in [-0.1, -0.05) is 0 Å². The Morgan fingerprint density at radius 2 is 1.50 bits per heavy atom. The van der Waals surface area contributed by atoms with Gasteiger partial charge in [-0.2, -0.15) is 0 Å². The van der Waals surface area contributed by atoms with Gasteiger partial charge in [-0.15, -0.1) is 0 Å². The number of hydrogen-bond donors (Lipinski definition) is 3. The van der Waals surface area contributed by atoms with E-state index in [1.807, 2.05) is 5.32 Å². The highest BCUT2D eigenvalue weighted by Gasteiger charge is 2.19. The maximum absolute atomic E-state index is 12.5. The Bertz CT molecular complexity index is 509. The quantitative estimate of drug-likeness (QED) is 0.676. The summed E-state index contributed by atoms with van der Waals surface area (Å²) in [6, 6.07) is 1.39. The molecule has 1 rings (SSSR count). The molecule has 0 saturated carbocycles. The third-order valence-electron chi connectivity index (χ3n) is 1.95. The summed E-state index contributed by atoms with van der Waals surface area (Å²) in [5.74, 6) is -2.27. The Morgan fingerprint density at radius 1 is 1.09 bits per heavy atom. The number of ether oxygens (including phenoxy) is 1. The number of carboxylic acid groups (broad SMARTS) is 1. The van der Waals surface area contributed by atoms with Gasteiger partial charge in [0.2, 0.25) is 0 Å². The highest BCUT2D eigenvalue weighted by atomic mass is 19.2. The molecule has 0 bridgehead atoms. The zero-order valence-electron chi connectivity index (χ0n) is 13.8. The van der Waals surface area contributed by atoms with Crippen LogP contribution in [0.5, 0.6) is 0 Å². The first kappa shape index (κ1) is 20.1. The average molecular weight is 318 g/mol. The van der Waals surface area contributed by atoms with Gasteiger partial charge in [0.05, 0.1) is 22.6 Å². The maximum atomic E-state index is 12.5. The van der Waals surface area contributed by atoms with E-state index in [0.29, 0.717) is 12.1 Å². The SMILES string of the molecule is CC(C)(C)OC(C)(C)C.Nc1cc(F)c(F)cc1NC(=O)O. The van der Waals surface area contributed by atoms with Crippen molar-refractivity contribution in [3.63, 3.8) is 0 Å². The number of rotatable bonds is 1. The summed E-state index contributed by atoms with van der Waals surface area (Å²) in [5, 5.41) is 10.1. The molecular formula is C15H24F2N2O3. The number of anilines is 2. The van der Waals surface area contributed by atoms with E-state index in [1.54, 1.807) is 0 Å². The van der Waals surface area contributed by atoms with Crippen molar-refractivity contribution in [2.45, 2.75) is 52.7 Å². The van der Waals surface area contributed by atoms with E-state index in [4.69, 9.17) is 15.6 Å². The largest absolute Gasteiger partial charge is 0.465 e. The van der Waals surface area contributed by atoms with Gasteiger partial charge in [-0.3, -0.25) is 5.32 Å². The molecule has 4 N–H and O–H groups in total. The standard InChI is InChI=1S/C8H18O.C7H6F2N2O2/c1-7(2,3)9-8(4,5)6;8-3-1-5(10)6(2-4(3)9)11-7(12)13/h1-6H3;1-2,11H,10H2,(H,12,13). The lowest BCUT2D eigenvalue weighted by atomic mass is 10.1. The average Bonchev–Trinajstić information content (AvgIpc) is 2.20. The third kappa shape index (κ3) is 9.12. The minimum absolute atomic E-state index is 0.0156. The Morgan fingerprint density at radius 3 is 1.82 bits per heavy atom. The fraction of sp³-hybridized carbons (Fsp3) is 0.533. The Kier molecular flexibility index (Phi) is 6.76. The number of hydrogen-bond acceptors (Lipinski definition) is 3. The zero-order valence-corrected chi connectivity index (χ0v) is 13.8. The van der Waals surface area contributed by atoms with Crippen LogP contribution in [0.3, 0.4) is 0 Å². The Balaban J connectivity index is 0.000000433. The number of benzene rings is 1. The van der Waals surface area contributed by atoms with E-state index >= 15 is 0 Å². The Hall–Kier alpha value is -1.89. The molecule has 22 heavy (non-hydrogen) atoms.